The fourth-order valence-corrected chi connectivity index (χ4v) is 2.36. The molecule has 0 aliphatic carbocycles. The Morgan fingerprint density at radius 3 is 2.64 bits per heavy atom. The number of hydrogen-bond donors (Lipinski definition) is 1. The van der Waals surface area contributed by atoms with Crippen molar-refractivity contribution in [2.75, 3.05) is 20.8 Å². The highest BCUT2D eigenvalue weighted by atomic mass is 19.1. The zero-order valence-corrected chi connectivity index (χ0v) is 12.5. The van der Waals surface area contributed by atoms with E-state index in [4.69, 9.17) is 14.6 Å². The number of ether oxygens (including phenoxy) is 2. The van der Waals surface area contributed by atoms with Crippen LogP contribution in [0.5, 0.6) is 5.75 Å². The van der Waals surface area contributed by atoms with Gasteiger partial charge in [-0.3, -0.25) is 4.79 Å². The topological polar surface area (TPSA) is 77.8 Å². The number of carboxylic acids is 1. The summed E-state index contributed by atoms with van der Waals surface area (Å²) in [5.74, 6) is -1.78. The van der Waals surface area contributed by atoms with Gasteiger partial charge in [-0.15, -0.1) is 0 Å². The van der Waals surface area contributed by atoms with Gasteiger partial charge < -0.3 is 19.1 Å². The van der Waals surface area contributed by atoms with Crippen molar-refractivity contribution in [3.63, 3.8) is 0 Å². The Hall–Kier alpha value is -2.41. The first-order chi connectivity index (χ1) is 10.4. The largest absolute Gasteiger partial charge is 0.494 e. The smallest absolute Gasteiger partial charge is 0.341 e. The van der Waals surface area contributed by atoms with Crippen molar-refractivity contribution in [2.45, 2.75) is 13.5 Å². The maximum Gasteiger partial charge on any atom is 0.341 e. The Labute approximate surface area is 125 Å². The van der Waals surface area contributed by atoms with Crippen LogP contribution >= 0.6 is 0 Å². The molecule has 118 valence electrons. The Bertz CT molecular complexity index is 797. The van der Waals surface area contributed by atoms with Crippen LogP contribution in [0, 0.1) is 12.7 Å². The monoisotopic (exact) mass is 309 g/mol. The highest BCUT2D eigenvalue weighted by Gasteiger charge is 2.20. The van der Waals surface area contributed by atoms with Crippen molar-refractivity contribution in [1.82, 2.24) is 4.57 Å². The number of rotatable bonds is 5. The van der Waals surface area contributed by atoms with E-state index in [1.54, 1.807) is 0 Å². The summed E-state index contributed by atoms with van der Waals surface area (Å²) in [5, 5.41) is 9.12. The third kappa shape index (κ3) is 2.55. The standard InChI is InChI=1S/C15H16FNO5/c1-8-11(16)6-9-12(14(8)22-3)17(4-5-21-2)7-10(13(9)18)15(19)20/h6-7H,4-5H2,1-3H3,(H,19,20). The molecule has 0 amide bonds. The van der Waals surface area contributed by atoms with Gasteiger partial charge in [0, 0.05) is 25.4 Å². The number of pyridine rings is 1. The van der Waals surface area contributed by atoms with Crippen LogP contribution in [0.4, 0.5) is 4.39 Å². The molecule has 1 heterocycles. The molecule has 0 saturated heterocycles. The normalized spacial score (nSPS) is 10.9. The van der Waals surface area contributed by atoms with Gasteiger partial charge in [0.15, 0.2) is 0 Å². The van der Waals surface area contributed by atoms with E-state index >= 15 is 0 Å². The molecule has 6 nitrogen and oxygen atoms in total. The van der Waals surface area contributed by atoms with Crippen molar-refractivity contribution >= 4 is 16.9 Å². The van der Waals surface area contributed by atoms with E-state index in [1.807, 2.05) is 0 Å². The molecule has 0 atom stereocenters. The van der Waals surface area contributed by atoms with Gasteiger partial charge in [-0.05, 0) is 13.0 Å². The Morgan fingerprint density at radius 2 is 2.09 bits per heavy atom. The number of hydrogen-bond acceptors (Lipinski definition) is 4. The molecule has 22 heavy (non-hydrogen) atoms. The van der Waals surface area contributed by atoms with Crippen molar-refractivity contribution in [2.24, 2.45) is 0 Å². The van der Waals surface area contributed by atoms with E-state index in [0.717, 1.165) is 6.07 Å². The van der Waals surface area contributed by atoms with Crippen LogP contribution in [0.2, 0.25) is 0 Å². The molecule has 7 heteroatoms. The number of fused-ring (bicyclic) bond motifs is 1. The summed E-state index contributed by atoms with van der Waals surface area (Å²) in [5.41, 5.74) is -0.556. The lowest BCUT2D eigenvalue weighted by Crippen LogP contribution is -2.21. The molecule has 0 unspecified atom stereocenters. The second-order valence-electron chi connectivity index (χ2n) is 4.78. The SMILES string of the molecule is COCCn1cc(C(=O)O)c(=O)c2cc(F)c(C)c(OC)c21. The Kier molecular flexibility index (Phi) is 4.46. The van der Waals surface area contributed by atoms with Crippen molar-refractivity contribution < 1.29 is 23.8 Å². The molecule has 0 spiro atoms. The minimum Gasteiger partial charge on any atom is -0.494 e. The number of carbonyl (C=O) groups is 1. The second-order valence-corrected chi connectivity index (χ2v) is 4.78. The van der Waals surface area contributed by atoms with E-state index < -0.39 is 22.8 Å². The molecule has 0 fully saturated rings. The van der Waals surface area contributed by atoms with E-state index in [9.17, 15) is 14.0 Å². The van der Waals surface area contributed by atoms with E-state index in [1.165, 1.54) is 31.9 Å². The predicted molar refractivity (Wildman–Crippen MR) is 78.3 cm³/mol. The summed E-state index contributed by atoms with van der Waals surface area (Å²) in [6, 6.07) is 1.05. The molecule has 0 saturated carbocycles. The third-order valence-corrected chi connectivity index (χ3v) is 3.47. The van der Waals surface area contributed by atoms with Gasteiger partial charge in [-0.2, -0.15) is 0 Å². The van der Waals surface area contributed by atoms with E-state index in [2.05, 4.69) is 0 Å². The average Bonchev–Trinajstić information content (AvgIpc) is 2.48. The number of halogens is 1. The first-order valence-electron chi connectivity index (χ1n) is 6.54. The van der Waals surface area contributed by atoms with E-state index in [-0.39, 0.29) is 16.7 Å². The van der Waals surface area contributed by atoms with Crippen molar-refractivity contribution in [3.05, 3.63) is 39.4 Å². The molecule has 1 aromatic carbocycles. The van der Waals surface area contributed by atoms with Crippen LogP contribution in [0.3, 0.4) is 0 Å². The lowest BCUT2D eigenvalue weighted by molar-refractivity contribution is 0.0694. The molecule has 1 N–H and O–H groups in total. The highest BCUT2D eigenvalue weighted by Crippen LogP contribution is 2.30. The molecule has 2 aromatic rings. The van der Waals surface area contributed by atoms with Crippen LogP contribution in [-0.4, -0.2) is 36.5 Å². The average molecular weight is 309 g/mol. The number of carboxylic acid groups (broad SMARTS) is 1. The highest BCUT2D eigenvalue weighted by molar-refractivity contribution is 5.94. The van der Waals surface area contributed by atoms with Gasteiger partial charge in [0.2, 0.25) is 5.43 Å². The summed E-state index contributed by atoms with van der Waals surface area (Å²) >= 11 is 0. The summed E-state index contributed by atoms with van der Waals surface area (Å²) in [4.78, 5) is 23.5. The molecular formula is C15H16FNO5. The maximum atomic E-state index is 14.0. The van der Waals surface area contributed by atoms with Crippen LogP contribution in [0.1, 0.15) is 15.9 Å². The van der Waals surface area contributed by atoms with Gasteiger partial charge in [-0.25, -0.2) is 9.18 Å². The summed E-state index contributed by atoms with van der Waals surface area (Å²) in [6.07, 6.45) is 1.23. The zero-order valence-electron chi connectivity index (χ0n) is 12.5. The van der Waals surface area contributed by atoms with Crippen LogP contribution in [-0.2, 0) is 11.3 Å². The van der Waals surface area contributed by atoms with Gasteiger partial charge in [0.25, 0.3) is 0 Å². The van der Waals surface area contributed by atoms with Crippen LogP contribution in [0.25, 0.3) is 10.9 Å². The lowest BCUT2D eigenvalue weighted by Gasteiger charge is -2.16. The Morgan fingerprint density at radius 1 is 1.41 bits per heavy atom. The van der Waals surface area contributed by atoms with Gasteiger partial charge in [-0.1, -0.05) is 0 Å². The quantitative estimate of drug-likeness (QED) is 0.911. The summed E-state index contributed by atoms with van der Waals surface area (Å²) in [7, 11) is 2.88. The van der Waals surface area contributed by atoms with Gasteiger partial charge in [0.1, 0.15) is 17.1 Å². The summed E-state index contributed by atoms with van der Waals surface area (Å²) < 4.78 is 25.7. The first-order valence-corrected chi connectivity index (χ1v) is 6.54. The Balaban J connectivity index is 2.95. The molecule has 1 aromatic heterocycles. The fraction of sp³-hybridized carbons (Fsp3) is 0.333. The van der Waals surface area contributed by atoms with Crippen LogP contribution < -0.4 is 10.2 Å². The van der Waals surface area contributed by atoms with Crippen molar-refractivity contribution in [3.8, 4) is 5.75 Å². The molecular weight excluding hydrogens is 293 g/mol. The molecule has 2 rings (SSSR count). The number of benzene rings is 1. The number of methoxy groups -OCH3 is 2. The third-order valence-electron chi connectivity index (χ3n) is 3.47. The molecule has 0 bridgehead atoms. The predicted octanol–water partition coefficient (Wildman–Crippen LogP) is 1.80. The molecule has 0 aliphatic rings. The van der Waals surface area contributed by atoms with E-state index in [0.29, 0.717) is 18.7 Å². The zero-order chi connectivity index (χ0) is 16.4. The minimum absolute atomic E-state index is 0.0315. The summed E-state index contributed by atoms with van der Waals surface area (Å²) in [6.45, 7) is 2.13. The van der Waals surface area contributed by atoms with Crippen molar-refractivity contribution in [1.29, 1.82) is 0 Å². The lowest BCUT2D eigenvalue weighted by atomic mass is 10.1. The minimum atomic E-state index is -1.36. The molecule has 0 aliphatic heterocycles. The number of aromatic carboxylic acids is 1. The fourth-order valence-electron chi connectivity index (χ4n) is 2.36. The molecule has 0 radical (unpaired) electrons. The first kappa shape index (κ1) is 16.0. The van der Waals surface area contributed by atoms with Gasteiger partial charge >= 0.3 is 5.97 Å². The number of aromatic nitrogens is 1. The van der Waals surface area contributed by atoms with Gasteiger partial charge in [0.05, 0.1) is 24.6 Å². The number of nitrogens with zero attached hydrogens (tertiary/aromatic N) is 1. The second kappa shape index (κ2) is 6.15. The maximum absolute atomic E-state index is 14.0. The van der Waals surface area contributed by atoms with Crippen LogP contribution in [0.15, 0.2) is 17.1 Å².